The van der Waals surface area contributed by atoms with E-state index in [0.29, 0.717) is 6.04 Å². The van der Waals surface area contributed by atoms with Crippen LogP contribution in [0.15, 0.2) is 29.3 Å². The monoisotopic (exact) mass is 435 g/mol. The predicted octanol–water partition coefficient (Wildman–Crippen LogP) is 3.26. The molecule has 124 valence electrons. The van der Waals surface area contributed by atoms with Gasteiger partial charge in [-0.2, -0.15) is 11.8 Å². The van der Waals surface area contributed by atoms with Crippen molar-refractivity contribution in [3.63, 3.8) is 0 Å². The Kier molecular flexibility index (Phi) is 9.00. The van der Waals surface area contributed by atoms with Crippen molar-refractivity contribution in [2.45, 2.75) is 37.1 Å². The van der Waals surface area contributed by atoms with Gasteiger partial charge in [0, 0.05) is 24.9 Å². The van der Waals surface area contributed by atoms with Crippen molar-refractivity contribution in [1.29, 1.82) is 0 Å². The normalized spacial score (nSPS) is 21.1. The third kappa shape index (κ3) is 5.87. The summed E-state index contributed by atoms with van der Waals surface area (Å²) >= 11 is 1.97. The Hall–Kier alpha value is -0.630. The summed E-state index contributed by atoms with van der Waals surface area (Å²) < 4.78 is 5.24. The van der Waals surface area contributed by atoms with Crippen molar-refractivity contribution in [2.24, 2.45) is 4.99 Å². The quantitative estimate of drug-likeness (QED) is 0.424. The molecule has 1 saturated carbocycles. The fraction of sp³-hybridized carbons (Fsp3) is 0.562. The first-order valence-electron chi connectivity index (χ1n) is 7.38. The van der Waals surface area contributed by atoms with Crippen LogP contribution >= 0.6 is 35.7 Å². The first-order chi connectivity index (χ1) is 10.2. The maximum Gasteiger partial charge on any atom is 0.191 e. The summed E-state index contributed by atoms with van der Waals surface area (Å²) in [5.74, 6) is 1.76. The van der Waals surface area contributed by atoms with E-state index in [-0.39, 0.29) is 24.0 Å². The van der Waals surface area contributed by atoms with Crippen molar-refractivity contribution < 1.29 is 4.74 Å². The highest BCUT2D eigenvalue weighted by atomic mass is 127. The molecule has 0 aromatic heterocycles. The molecule has 0 heterocycles. The maximum atomic E-state index is 5.24. The Bertz CT molecular complexity index is 484. The van der Waals surface area contributed by atoms with Crippen LogP contribution in [0.4, 0.5) is 0 Å². The average Bonchev–Trinajstić information content (AvgIpc) is 2.99. The minimum atomic E-state index is 0. The van der Waals surface area contributed by atoms with Crippen LogP contribution in [-0.2, 0) is 6.54 Å². The highest BCUT2D eigenvalue weighted by Crippen LogP contribution is 2.28. The van der Waals surface area contributed by atoms with E-state index >= 15 is 0 Å². The first kappa shape index (κ1) is 19.4. The maximum absolute atomic E-state index is 5.24. The number of benzene rings is 1. The van der Waals surface area contributed by atoms with Gasteiger partial charge in [0.2, 0.25) is 0 Å². The van der Waals surface area contributed by atoms with Crippen LogP contribution < -0.4 is 15.4 Å². The van der Waals surface area contributed by atoms with Gasteiger partial charge in [-0.3, -0.25) is 4.99 Å². The van der Waals surface area contributed by atoms with Crippen LogP contribution in [0.2, 0.25) is 0 Å². The molecule has 6 heteroatoms. The van der Waals surface area contributed by atoms with E-state index in [9.17, 15) is 0 Å². The summed E-state index contributed by atoms with van der Waals surface area (Å²) in [7, 11) is 3.51. The number of thioether (sulfide) groups is 1. The van der Waals surface area contributed by atoms with Gasteiger partial charge in [-0.05, 0) is 43.2 Å². The molecular formula is C16H26IN3OS. The molecule has 0 radical (unpaired) electrons. The lowest BCUT2D eigenvalue weighted by Crippen LogP contribution is -2.42. The Labute approximate surface area is 154 Å². The van der Waals surface area contributed by atoms with Gasteiger partial charge in [-0.1, -0.05) is 12.1 Å². The van der Waals surface area contributed by atoms with Crippen LogP contribution in [0.5, 0.6) is 5.75 Å². The zero-order chi connectivity index (χ0) is 15.1. The van der Waals surface area contributed by atoms with Gasteiger partial charge < -0.3 is 15.4 Å². The molecule has 0 aliphatic heterocycles. The van der Waals surface area contributed by atoms with E-state index in [2.05, 4.69) is 27.9 Å². The second-order valence-electron chi connectivity index (χ2n) is 5.29. The second kappa shape index (κ2) is 10.2. The van der Waals surface area contributed by atoms with Crippen LogP contribution in [0, 0.1) is 0 Å². The van der Waals surface area contributed by atoms with Crippen molar-refractivity contribution in [2.75, 3.05) is 20.4 Å². The molecule has 2 atom stereocenters. The molecule has 1 aliphatic carbocycles. The highest BCUT2D eigenvalue weighted by molar-refractivity contribution is 14.0. The average molecular weight is 435 g/mol. The van der Waals surface area contributed by atoms with E-state index in [4.69, 9.17) is 4.74 Å². The van der Waals surface area contributed by atoms with E-state index in [1.807, 2.05) is 37.0 Å². The van der Waals surface area contributed by atoms with Crippen LogP contribution in [0.3, 0.4) is 0 Å². The SMILES string of the molecule is CN=C(NCc1cccc(OC)c1)NC1CCC(SC)C1.I. The van der Waals surface area contributed by atoms with Gasteiger partial charge in [0.1, 0.15) is 5.75 Å². The van der Waals surface area contributed by atoms with Gasteiger partial charge in [0.25, 0.3) is 0 Å². The number of guanidine groups is 1. The third-order valence-corrected chi connectivity index (χ3v) is 4.97. The summed E-state index contributed by atoms with van der Waals surface area (Å²) in [6, 6.07) is 8.63. The van der Waals surface area contributed by atoms with Crippen molar-refractivity contribution in [3.8, 4) is 5.75 Å². The number of hydrogen-bond acceptors (Lipinski definition) is 3. The summed E-state index contributed by atoms with van der Waals surface area (Å²) in [6.45, 7) is 0.746. The van der Waals surface area contributed by atoms with Gasteiger partial charge >= 0.3 is 0 Å². The van der Waals surface area contributed by atoms with Crippen LogP contribution in [0.25, 0.3) is 0 Å². The fourth-order valence-corrected chi connectivity index (χ4v) is 3.44. The summed E-state index contributed by atoms with van der Waals surface area (Å²) in [4.78, 5) is 4.32. The highest BCUT2D eigenvalue weighted by Gasteiger charge is 2.24. The molecule has 0 saturated heterocycles. The second-order valence-corrected chi connectivity index (χ2v) is 6.43. The van der Waals surface area contributed by atoms with Crippen molar-refractivity contribution >= 4 is 41.7 Å². The molecule has 4 nitrogen and oxygen atoms in total. The Morgan fingerprint density at radius 3 is 2.86 bits per heavy atom. The number of methoxy groups -OCH3 is 1. The summed E-state index contributed by atoms with van der Waals surface area (Å²) in [5, 5.41) is 7.69. The number of halogens is 1. The molecule has 2 unspecified atom stereocenters. The molecule has 22 heavy (non-hydrogen) atoms. The molecule has 0 spiro atoms. The molecule has 1 aromatic rings. The van der Waals surface area contributed by atoms with Crippen LogP contribution in [0.1, 0.15) is 24.8 Å². The lowest BCUT2D eigenvalue weighted by molar-refractivity contribution is 0.414. The molecule has 1 aliphatic rings. The molecule has 1 aromatic carbocycles. The van der Waals surface area contributed by atoms with Gasteiger partial charge in [-0.25, -0.2) is 0 Å². The zero-order valence-electron chi connectivity index (χ0n) is 13.5. The number of nitrogens with one attached hydrogen (secondary N) is 2. The van der Waals surface area contributed by atoms with Gasteiger partial charge in [-0.15, -0.1) is 24.0 Å². The molecule has 2 N–H and O–H groups in total. The number of nitrogens with zero attached hydrogens (tertiary/aromatic N) is 1. The third-order valence-electron chi connectivity index (χ3n) is 3.88. The van der Waals surface area contributed by atoms with E-state index < -0.39 is 0 Å². The number of hydrogen-bond donors (Lipinski definition) is 2. The number of aliphatic imine (C=N–C) groups is 1. The number of rotatable bonds is 5. The minimum absolute atomic E-state index is 0. The molecule has 2 rings (SSSR count). The van der Waals surface area contributed by atoms with Crippen molar-refractivity contribution in [1.82, 2.24) is 10.6 Å². The first-order valence-corrected chi connectivity index (χ1v) is 8.67. The summed E-state index contributed by atoms with van der Waals surface area (Å²) in [6.07, 6.45) is 5.95. The molecular weight excluding hydrogens is 409 g/mol. The standard InChI is InChI=1S/C16H25N3OS.HI/c1-17-16(19-13-7-8-15(10-13)21-3)18-11-12-5-4-6-14(9-12)20-2;/h4-6,9,13,15H,7-8,10-11H2,1-3H3,(H2,17,18,19);1H. The Morgan fingerprint density at radius 2 is 2.23 bits per heavy atom. The predicted molar refractivity (Wildman–Crippen MR) is 107 cm³/mol. The van der Waals surface area contributed by atoms with Gasteiger partial charge in [0.15, 0.2) is 5.96 Å². The largest absolute Gasteiger partial charge is 0.497 e. The Balaban J connectivity index is 0.00000242. The molecule has 0 bridgehead atoms. The zero-order valence-corrected chi connectivity index (χ0v) is 16.6. The lowest BCUT2D eigenvalue weighted by atomic mass is 10.2. The van der Waals surface area contributed by atoms with Crippen molar-refractivity contribution in [3.05, 3.63) is 29.8 Å². The smallest absolute Gasteiger partial charge is 0.191 e. The lowest BCUT2D eigenvalue weighted by Gasteiger charge is -2.17. The topological polar surface area (TPSA) is 45.7 Å². The molecule has 0 amide bonds. The number of ether oxygens (including phenoxy) is 1. The van der Waals surface area contributed by atoms with E-state index in [1.165, 1.54) is 24.8 Å². The minimum Gasteiger partial charge on any atom is -0.497 e. The van der Waals surface area contributed by atoms with E-state index in [1.54, 1.807) is 7.11 Å². The van der Waals surface area contributed by atoms with E-state index in [0.717, 1.165) is 23.5 Å². The van der Waals surface area contributed by atoms with Crippen LogP contribution in [-0.4, -0.2) is 37.7 Å². The Morgan fingerprint density at radius 1 is 1.41 bits per heavy atom. The fourth-order valence-electron chi connectivity index (χ4n) is 2.64. The summed E-state index contributed by atoms with van der Waals surface area (Å²) in [5.41, 5.74) is 1.19. The molecule has 1 fully saturated rings. The van der Waals surface area contributed by atoms with Gasteiger partial charge in [0.05, 0.1) is 7.11 Å².